The molecule has 7 nitrogen and oxygen atoms in total. The molecular weight excluding hydrogens is 396 g/mol. The van der Waals surface area contributed by atoms with Gasteiger partial charge in [0.25, 0.3) is 0 Å². The van der Waals surface area contributed by atoms with Crippen LogP contribution < -0.4 is 14.8 Å². The third-order valence-electron chi connectivity index (χ3n) is 6.13. The van der Waals surface area contributed by atoms with Crippen LogP contribution in [0.15, 0.2) is 36.4 Å². The number of benzene rings is 2. The van der Waals surface area contributed by atoms with Gasteiger partial charge in [-0.3, -0.25) is 4.79 Å². The number of fused-ring (bicyclic) bond motifs is 2. The van der Waals surface area contributed by atoms with Gasteiger partial charge in [-0.15, -0.1) is 0 Å². The first-order valence-corrected chi connectivity index (χ1v) is 10.3. The van der Waals surface area contributed by atoms with E-state index in [0.717, 1.165) is 29.5 Å². The van der Waals surface area contributed by atoms with E-state index in [-0.39, 0.29) is 23.7 Å². The van der Waals surface area contributed by atoms with Gasteiger partial charge in [-0.25, -0.2) is 4.79 Å². The van der Waals surface area contributed by atoms with Crippen LogP contribution >= 0.6 is 0 Å². The number of hydrogen-bond acceptors (Lipinski definition) is 4. The summed E-state index contributed by atoms with van der Waals surface area (Å²) >= 11 is 0. The van der Waals surface area contributed by atoms with Crippen LogP contribution in [0, 0.1) is 0 Å². The molecule has 1 aromatic heterocycles. The van der Waals surface area contributed by atoms with Gasteiger partial charge < -0.3 is 24.9 Å². The van der Waals surface area contributed by atoms with Crippen LogP contribution in [0.25, 0.3) is 10.9 Å². The highest BCUT2D eigenvalue weighted by atomic mass is 16.7. The van der Waals surface area contributed by atoms with Crippen LogP contribution in [0.4, 0.5) is 5.69 Å². The van der Waals surface area contributed by atoms with Crippen molar-refractivity contribution < 1.29 is 24.2 Å². The van der Waals surface area contributed by atoms with Crippen molar-refractivity contribution in [3.05, 3.63) is 53.2 Å². The Bertz CT molecular complexity index is 1230. The number of hydrogen-bond donors (Lipinski definition) is 3. The number of carboxylic acid groups (broad SMARTS) is 1. The lowest BCUT2D eigenvalue weighted by Gasteiger charge is -2.17. The number of aromatic carboxylic acids is 1. The standard InChI is InChI=1S/C24H24N2O5/c1-23(2,3)19-9-13-8-15(11-16(21(27)28)20(13)26-19)25-22(29)24(6-7-24)14-4-5-17-18(10-14)31-12-30-17/h4-5,8-11,26H,6-7,12H2,1-3H3,(H,25,29)(H,27,28). The van der Waals surface area contributed by atoms with E-state index in [1.54, 1.807) is 0 Å². The fourth-order valence-corrected chi connectivity index (χ4v) is 4.11. The van der Waals surface area contributed by atoms with E-state index in [0.29, 0.717) is 22.7 Å². The van der Waals surface area contributed by atoms with E-state index in [4.69, 9.17) is 9.47 Å². The molecule has 2 heterocycles. The first kappa shape index (κ1) is 19.5. The molecule has 2 aromatic carbocycles. The average molecular weight is 420 g/mol. The zero-order valence-corrected chi connectivity index (χ0v) is 17.7. The molecule has 0 spiro atoms. The highest BCUT2D eigenvalue weighted by molar-refractivity contribution is 6.07. The van der Waals surface area contributed by atoms with Crippen molar-refractivity contribution in [1.29, 1.82) is 0 Å². The van der Waals surface area contributed by atoms with Gasteiger partial charge in [-0.2, -0.15) is 0 Å². The molecule has 1 aliphatic carbocycles. The van der Waals surface area contributed by atoms with Gasteiger partial charge in [0.15, 0.2) is 11.5 Å². The van der Waals surface area contributed by atoms with Crippen LogP contribution in [0.3, 0.4) is 0 Å². The Balaban J connectivity index is 1.48. The quantitative estimate of drug-likeness (QED) is 0.574. The second kappa shape index (κ2) is 6.51. The average Bonchev–Trinajstić information content (AvgIpc) is 3.17. The van der Waals surface area contributed by atoms with Gasteiger partial charge in [0.05, 0.1) is 16.5 Å². The minimum absolute atomic E-state index is 0.135. The SMILES string of the molecule is CC(C)(C)c1cc2cc(NC(=O)C3(c4ccc5c(c4)OCO5)CC3)cc(C(=O)O)c2[nH]1. The topological polar surface area (TPSA) is 101 Å². The summed E-state index contributed by atoms with van der Waals surface area (Å²) in [7, 11) is 0. The Labute approximate surface area is 179 Å². The van der Waals surface area contributed by atoms with Crippen LogP contribution in [-0.4, -0.2) is 28.8 Å². The normalized spacial score (nSPS) is 16.4. The molecule has 0 radical (unpaired) electrons. The lowest BCUT2D eigenvalue weighted by molar-refractivity contribution is -0.118. The molecule has 1 aliphatic heterocycles. The van der Waals surface area contributed by atoms with E-state index in [2.05, 4.69) is 31.1 Å². The highest BCUT2D eigenvalue weighted by Gasteiger charge is 2.51. The van der Waals surface area contributed by atoms with Crippen molar-refractivity contribution in [3.8, 4) is 11.5 Å². The number of H-pyrrole nitrogens is 1. The smallest absolute Gasteiger partial charge is 0.337 e. The molecule has 5 rings (SSSR count). The number of carbonyl (C=O) groups is 2. The van der Waals surface area contributed by atoms with E-state index >= 15 is 0 Å². The summed E-state index contributed by atoms with van der Waals surface area (Å²) < 4.78 is 10.8. The van der Waals surface area contributed by atoms with Gasteiger partial charge >= 0.3 is 5.97 Å². The Morgan fingerprint density at radius 3 is 2.48 bits per heavy atom. The molecule has 0 unspecified atom stereocenters. The number of aromatic amines is 1. The third kappa shape index (κ3) is 3.21. The van der Waals surface area contributed by atoms with Gasteiger partial charge in [0.2, 0.25) is 12.7 Å². The molecule has 1 fully saturated rings. The molecule has 31 heavy (non-hydrogen) atoms. The molecule has 3 aromatic rings. The third-order valence-corrected chi connectivity index (χ3v) is 6.13. The maximum Gasteiger partial charge on any atom is 0.337 e. The zero-order valence-electron chi connectivity index (χ0n) is 17.7. The Morgan fingerprint density at radius 2 is 1.81 bits per heavy atom. The number of amides is 1. The first-order valence-electron chi connectivity index (χ1n) is 10.3. The number of carbonyl (C=O) groups excluding carboxylic acids is 1. The molecule has 7 heteroatoms. The van der Waals surface area contributed by atoms with E-state index in [9.17, 15) is 14.7 Å². The Hall–Kier alpha value is -3.48. The van der Waals surface area contributed by atoms with Crippen LogP contribution in [-0.2, 0) is 15.6 Å². The number of ether oxygens (including phenoxy) is 2. The second-order valence-corrected chi connectivity index (χ2v) is 9.33. The molecule has 2 aliphatic rings. The summed E-state index contributed by atoms with van der Waals surface area (Å²) in [5.41, 5.74) is 2.20. The Kier molecular flexibility index (Phi) is 4.09. The maximum absolute atomic E-state index is 13.2. The van der Waals surface area contributed by atoms with Gasteiger partial charge in [0.1, 0.15) is 0 Å². The van der Waals surface area contributed by atoms with Crippen LogP contribution in [0.1, 0.15) is 55.2 Å². The maximum atomic E-state index is 13.2. The number of carboxylic acids is 1. The lowest BCUT2D eigenvalue weighted by atomic mass is 9.92. The van der Waals surface area contributed by atoms with Crippen molar-refractivity contribution >= 4 is 28.5 Å². The summed E-state index contributed by atoms with van der Waals surface area (Å²) in [4.78, 5) is 28.4. The lowest BCUT2D eigenvalue weighted by Crippen LogP contribution is -2.27. The predicted molar refractivity (Wildman–Crippen MR) is 116 cm³/mol. The largest absolute Gasteiger partial charge is 0.478 e. The van der Waals surface area contributed by atoms with Crippen molar-refractivity contribution in [3.63, 3.8) is 0 Å². The second-order valence-electron chi connectivity index (χ2n) is 9.33. The number of aromatic nitrogens is 1. The van der Waals surface area contributed by atoms with Crippen molar-refractivity contribution in [2.75, 3.05) is 12.1 Å². The van der Waals surface area contributed by atoms with Crippen LogP contribution in [0.2, 0.25) is 0 Å². The predicted octanol–water partition coefficient (Wildman–Crippen LogP) is 4.56. The minimum atomic E-state index is -1.04. The molecule has 3 N–H and O–H groups in total. The molecule has 0 saturated heterocycles. The summed E-state index contributed by atoms with van der Waals surface area (Å²) in [6.07, 6.45) is 1.45. The number of anilines is 1. The van der Waals surface area contributed by atoms with E-state index in [1.807, 2.05) is 30.3 Å². The fourth-order valence-electron chi connectivity index (χ4n) is 4.11. The van der Waals surface area contributed by atoms with Crippen LogP contribution in [0.5, 0.6) is 11.5 Å². The first-order chi connectivity index (χ1) is 14.7. The molecule has 1 amide bonds. The monoisotopic (exact) mass is 420 g/mol. The highest BCUT2D eigenvalue weighted by Crippen LogP contribution is 2.51. The van der Waals surface area contributed by atoms with Crippen molar-refractivity contribution in [2.24, 2.45) is 0 Å². The number of rotatable bonds is 4. The molecule has 1 saturated carbocycles. The van der Waals surface area contributed by atoms with Gasteiger partial charge in [-0.05, 0) is 48.7 Å². The van der Waals surface area contributed by atoms with Crippen molar-refractivity contribution in [1.82, 2.24) is 4.98 Å². The molecule has 0 bridgehead atoms. The van der Waals surface area contributed by atoms with E-state index in [1.165, 1.54) is 6.07 Å². The van der Waals surface area contributed by atoms with Crippen molar-refractivity contribution in [2.45, 2.75) is 44.4 Å². The summed E-state index contributed by atoms with van der Waals surface area (Å²) in [6.45, 7) is 6.36. The van der Waals surface area contributed by atoms with E-state index < -0.39 is 11.4 Å². The zero-order chi connectivity index (χ0) is 22.0. The fraction of sp³-hybridized carbons (Fsp3) is 0.333. The summed E-state index contributed by atoms with van der Waals surface area (Å²) in [5, 5.41) is 13.5. The van der Waals surface area contributed by atoms with Gasteiger partial charge in [0, 0.05) is 22.2 Å². The minimum Gasteiger partial charge on any atom is -0.478 e. The van der Waals surface area contributed by atoms with Gasteiger partial charge in [-0.1, -0.05) is 26.8 Å². The summed E-state index contributed by atoms with van der Waals surface area (Å²) in [6, 6.07) is 10.9. The molecule has 160 valence electrons. The molecule has 0 atom stereocenters. The number of nitrogens with one attached hydrogen (secondary N) is 2. The Morgan fingerprint density at radius 1 is 1.06 bits per heavy atom. The molecular formula is C24H24N2O5. The summed E-state index contributed by atoms with van der Waals surface area (Å²) in [5.74, 6) is 0.140.